The van der Waals surface area contributed by atoms with Gasteiger partial charge in [0.1, 0.15) is 24.6 Å². The number of rotatable bonds is 6. The summed E-state index contributed by atoms with van der Waals surface area (Å²) < 4.78 is 33.8. The first kappa shape index (κ1) is 21.7. The predicted octanol–water partition coefficient (Wildman–Crippen LogP) is 3.14. The van der Waals surface area contributed by atoms with Crippen molar-refractivity contribution in [3.63, 3.8) is 0 Å². The zero-order chi connectivity index (χ0) is 23.5. The molecule has 0 N–H and O–H groups in total. The molecule has 34 heavy (non-hydrogen) atoms. The van der Waals surface area contributed by atoms with Gasteiger partial charge in [0.15, 0.2) is 24.2 Å². The minimum atomic E-state index is -1.78. The lowest BCUT2D eigenvalue weighted by molar-refractivity contribution is -0.0570. The Morgan fingerprint density at radius 2 is 1.65 bits per heavy atom. The maximum absolute atomic E-state index is 15.7. The molecule has 1 aliphatic rings. The van der Waals surface area contributed by atoms with Gasteiger partial charge >= 0.3 is 11.9 Å². The number of halogens is 1. The Morgan fingerprint density at radius 1 is 0.971 bits per heavy atom. The van der Waals surface area contributed by atoms with Gasteiger partial charge < -0.3 is 14.2 Å². The van der Waals surface area contributed by atoms with E-state index in [9.17, 15) is 9.59 Å². The Kier molecular flexibility index (Phi) is 5.96. The minimum Gasteiger partial charge on any atom is -0.459 e. The molecule has 5 rings (SSSR count). The Morgan fingerprint density at radius 3 is 2.35 bits per heavy atom. The molecule has 4 aromatic rings. The van der Waals surface area contributed by atoms with Crippen LogP contribution in [0.1, 0.15) is 26.9 Å². The molecule has 2 aromatic carbocycles. The highest BCUT2D eigenvalue weighted by molar-refractivity contribution is 5.90. The van der Waals surface area contributed by atoms with Gasteiger partial charge in [0.05, 0.1) is 23.7 Å². The van der Waals surface area contributed by atoms with Gasteiger partial charge in [0.2, 0.25) is 0 Å². The molecule has 0 amide bonds. The highest BCUT2D eigenvalue weighted by atomic mass is 19.1. The fraction of sp³-hybridized carbons (Fsp3) is 0.208. The average Bonchev–Trinajstić information content (AvgIpc) is 3.44. The Bertz CT molecular complexity index is 1300. The number of esters is 2. The molecule has 9 nitrogen and oxygen atoms in total. The summed E-state index contributed by atoms with van der Waals surface area (Å²) in [5.74, 6) is -1.31. The van der Waals surface area contributed by atoms with E-state index in [1.165, 1.54) is 23.4 Å². The lowest BCUT2D eigenvalue weighted by atomic mass is 10.1. The number of benzene rings is 2. The number of alkyl halides is 1. The standard InChI is InChI=1S/C24H19FN4O5/c25-19-20(34-24(31)16-9-5-2-6-10-16)18(12-32-23(30)15-7-3-1-4-8-15)33-22(19)29-14-28-17-11-26-13-27-21(17)29/h1-11,13-14,18-20,22H,12H2/t18-,19+,20-,22-/m1/s1. The molecule has 2 aromatic heterocycles. The molecule has 0 saturated carbocycles. The molecule has 172 valence electrons. The molecule has 1 aliphatic heterocycles. The van der Waals surface area contributed by atoms with Crippen LogP contribution in [0.3, 0.4) is 0 Å². The molecular weight excluding hydrogens is 443 g/mol. The second-order valence-corrected chi connectivity index (χ2v) is 7.59. The van der Waals surface area contributed by atoms with Gasteiger partial charge in [-0.2, -0.15) is 0 Å². The topological polar surface area (TPSA) is 105 Å². The third-order valence-corrected chi connectivity index (χ3v) is 5.42. The van der Waals surface area contributed by atoms with Crippen molar-refractivity contribution in [3.8, 4) is 0 Å². The van der Waals surface area contributed by atoms with E-state index in [0.717, 1.165) is 0 Å². The highest BCUT2D eigenvalue weighted by Gasteiger charge is 2.49. The van der Waals surface area contributed by atoms with E-state index >= 15 is 4.39 Å². The van der Waals surface area contributed by atoms with Crippen molar-refractivity contribution < 1.29 is 28.2 Å². The van der Waals surface area contributed by atoms with Crippen LogP contribution in [0, 0.1) is 0 Å². The number of imidazole rings is 1. The van der Waals surface area contributed by atoms with Gasteiger partial charge in [0, 0.05) is 0 Å². The van der Waals surface area contributed by atoms with Gasteiger partial charge in [-0.15, -0.1) is 0 Å². The van der Waals surface area contributed by atoms with Crippen molar-refractivity contribution >= 4 is 23.1 Å². The number of nitrogens with zero attached hydrogens (tertiary/aromatic N) is 4. The average molecular weight is 462 g/mol. The first-order valence-electron chi connectivity index (χ1n) is 10.5. The van der Waals surface area contributed by atoms with Crippen LogP contribution in [0.4, 0.5) is 4.39 Å². The monoisotopic (exact) mass is 462 g/mol. The maximum atomic E-state index is 15.7. The molecular formula is C24H19FN4O5. The predicted molar refractivity (Wildman–Crippen MR) is 116 cm³/mol. The summed E-state index contributed by atoms with van der Waals surface area (Å²) in [6.45, 7) is -0.320. The summed E-state index contributed by atoms with van der Waals surface area (Å²) in [7, 11) is 0. The quantitative estimate of drug-likeness (QED) is 0.403. The molecule has 1 fully saturated rings. The summed E-state index contributed by atoms with van der Waals surface area (Å²) in [4.78, 5) is 37.3. The zero-order valence-electron chi connectivity index (χ0n) is 17.7. The number of hydrogen-bond donors (Lipinski definition) is 0. The van der Waals surface area contributed by atoms with E-state index in [1.807, 2.05) is 0 Å². The van der Waals surface area contributed by atoms with Crippen molar-refractivity contribution in [1.29, 1.82) is 0 Å². The number of ether oxygens (including phenoxy) is 3. The van der Waals surface area contributed by atoms with Crippen molar-refractivity contribution in [2.24, 2.45) is 0 Å². The van der Waals surface area contributed by atoms with Crippen LogP contribution in [0.25, 0.3) is 11.2 Å². The van der Waals surface area contributed by atoms with Crippen molar-refractivity contribution in [1.82, 2.24) is 19.5 Å². The van der Waals surface area contributed by atoms with Crippen molar-refractivity contribution in [2.45, 2.75) is 24.6 Å². The molecule has 4 atom stereocenters. The van der Waals surface area contributed by atoms with E-state index in [0.29, 0.717) is 16.7 Å². The lowest BCUT2D eigenvalue weighted by Gasteiger charge is -2.19. The Labute approximate surface area is 193 Å². The van der Waals surface area contributed by atoms with Crippen LogP contribution in [0.5, 0.6) is 0 Å². The van der Waals surface area contributed by atoms with Gasteiger partial charge in [-0.3, -0.25) is 4.57 Å². The normalized spacial score (nSPS) is 21.9. The summed E-state index contributed by atoms with van der Waals surface area (Å²) >= 11 is 0. The van der Waals surface area contributed by atoms with Gasteiger partial charge in [-0.1, -0.05) is 36.4 Å². The molecule has 0 spiro atoms. The Hall–Kier alpha value is -4.18. The smallest absolute Gasteiger partial charge is 0.338 e. The van der Waals surface area contributed by atoms with Crippen LogP contribution in [0.15, 0.2) is 79.5 Å². The first-order valence-corrected chi connectivity index (χ1v) is 10.5. The first-order chi connectivity index (χ1) is 16.6. The van der Waals surface area contributed by atoms with E-state index in [1.54, 1.807) is 60.7 Å². The number of carbonyl (C=O) groups is 2. The zero-order valence-corrected chi connectivity index (χ0v) is 17.7. The number of aromatic nitrogens is 4. The maximum Gasteiger partial charge on any atom is 0.338 e. The summed E-state index contributed by atoms with van der Waals surface area (Å²) in [5, 5.41) is 0. The molecule has 0 aliphatic carbocycles. The van der Waals surface area contributed by atoms with E-state index in [2.05, 4.69) is 15.0 Å². The highest BCUT2D eigenvalue weighted by Crippen LogP contribution is 2.36. The number of hydrogen-bond acceptors (Lipinski definition) is 8. The van der Waals surface area contributed by atoms with Crippen molar-refractivity contribution in [2.75, 3.05) is 6.61 Å². The second kappa shape index (κ2) is 9.36. The van der Waals surface area contributed by atoms with Crippen LogP contribution >= 0.6 is 0 Å². The van der Waals surface area contributed by atoms with Gasteiger partial charge in [-0.05, 0) is 24.3 Å². The molecule has 3 heterocycles. The van der Waals surface area contributed by atoms with Crippen LogP contribution < -0.4 is 0 Å². The second-order valence-electron chi connectivity index (χ2n) is 7.59. The molecule has 0 radical (unpaired) electrons. The van der Waals surface area contributed by atoms with Gasteiger partial charge in [0.25, 0.3) is 0 Å². The van der Waals surface area contributed by atoms with E-state index < -0.39 is 36.5 Å². The summed E-state index contributed by atoms with van der Waals surface area (Å²) in [5.41, 5.74) is 1.41. The lowest BCUT2D eigenvalue weighted by Crippen LogP contribution is -2.37. The van der Waals surface area contributed by atoms with Crippen LogP contribution in [-0.2, 0) is 14.2 Å². The summed E-state index contributed by atoms with van der Waals surface area (Å²) in [6, 6.07) is 16.6. The van der Waals surface area contributed by atoms with E-state index in [-0.39, 0.29) is 12.2 Å². The van der Waals surface area contributed by atoms with Crippen molar-refractivity contribution in [3.05, 3.63) is 90.6 Å². The van der Waals surface area contributed by atoms with Crippen LogP contribution in [0.2, 0.25) is 0 Å². The van der Waals surface area contributed by atoms with Gasteiger partial charge in [-0.25, -0.2) is 28.9 Å². The van der Waals surface area contributed by atoms with E-state index in [4.69, 9.17) is 14.2 Å². The fourth-order valence-corrected chi connectivity index (χ4v) is 3.75. The number of fused-ring (bicyclic) bond motifs is 1. The van der Waals surface area contributed by atoms with Crippen LogP contribution in [-0.4, -0.2) is 56.4 Å². The fourth-order valence-electron chi connectivity index (χ4n) is 3.75. The third kappa shape index (κ3) is 4.23. The largest absolute Gasteiger partial charge is 0.459 e. The molecule has 0 bridgehead atoms. The molecule has 10 heteroatoms. The number of carbonyl (C=O) groups excluding carboxylic acids is 2. The molecule has 1 saturated heterocycles. The minimum absolute atomic E-state index is 0.263. The third-order valence-electron chi connectivity index (χ3n) is 5.42. The SMILES string of the molecule is O=C(OC[C@H]1O[C@@H](n2cnc3cncnc32)[C@@H](F)[C@@H]1OC(=O)c1ccccc1)c1ccccc1. The Balaban J connectivity index is 1.39. The molecule has 0 unspecified atom stereocenters. The summed E-state index contributed by atoms with van der Waals surface area (Å²) in [6.07, 6.45) is -1.18.